The molecule has 0 spiro atoms. The van der Waals surface area contributed by atoms with Crippen molar-refractivity contribution in [1.82, 2.24) is 10.3 Å². The van der Waals surface area contributed by atoms with Crippen LogP contribution >= 0.6 is 23.2 Å². The quantitative estimate of drug-likeness (QED) is 0.918. The Labute approximate surface area is 122 Å². The minimum Gasteiger partial charge on any atom is -0.455 e. The third-order valence-electron chi connectivity index (χ3n) is 2.56. The zero-order valence-corrected chi connectivity index (χ0v) is 12.2. The van der Waals surface area contributed by atoms with Gasteiger partial charge >= 0.3 is 0 Å². The van der Waals surface area contributed by atoms with Crippen molar-refractivity contribution in [2.75, 3.05) is 7.05 Å². The summed E-state index contributed by atoms with van der Waals surface area (Å²) in [7, 11) is 1.87. The van der Waals surface area contributed by atoms with E-state index < -0.39 is 0 Å². The highest BCUT2D eigenvalue weighted by atomic mass is 35.5. The van der Waals surface area contributed by atoms with Crippen LogP contribution in [-0.2, 0) is 6.54 Å². The van der Waals surface area contributed by atoms with E-state index in [-0.39, 0.29) is 0 Å². The average Bonchev–Trinajstić information content (AvgIpc) is 2.37. The van der Waals surface area contributed by atoms with Crippen LogP contribution in [0.15, 0.2) is 30.5 Å². The van der Waals surface area contributed by atoms with Gasteiger partial charge in [-0.25, -0.2) is 0 Å². The van der Waals surface area contributed by atoms with E-state index >= 15 is 0 Å². The number of hydrogen-bond acceptors (Lipinski definition) is 3. The van der Waals surface area contributed by atoms with E-state index in [1.54, 1.807) is 24.4 Å². The number of rotatable bonds is 4. The van der Waals surface area contributed by atoms with Gasteiger partial charge in [0.15, 0.2) is 0 Å². The van der Waals surface area contributed by atoms with Crippen molar-refractivity contribution in [3.8, 4) is 11.5 Å². The first-order valence-corrected chi connectivity index (χ1v) is 6.59. The Bertz CT molecular complexity index is 588. The van der Waals surface area contributed by atoms with Crippen LogP contribution in [0.3, 0.4) is 0 Å². The Kier molecular flexibility index (Phi) is 4.64. The van der Waals surface area contributed by atoms with Gasteiger partial charge in [0, 0.05) is 41.2 Å². The maximum Gasteiger partial charge on any atom is 0.147 e. The minimum atomic E-state index is 0.522. The topological polar surface area (TPSA) is 34.2 Å². The second kappa shape index (κ2) is 6.24. The number of aromatic nitrogens is 1. The molecule has 5 heteroatoms. The molecule has 0 aliphatic rings. The van der Waals surface area contributed by atoms with E-state index in [9.17, 15) is 0 Å². The number of halogens is 2. The zero-order valence-electron chi connectivity index (χ0n) is 10.7. The number of ether oxygens (including phenoxy) is 1. The summed E-state index contributed by atoms with van der Waals surface area (Å²) in [6.07, 6.45) is 1.79. The summed E-state index contributed by atoms with van der Waals surface area (Å²) in [4.78, 5) is 4.26. The fourth-order valence-corrected chi connectivity index (χ4v) is 1.97. The molecule has 0 fully saturated rings. The minimum absolute atomic E-state index is 0.522. The number of benzene rings is 1. The molecule has 0 radical (unpaired) electrons. The molecule has 0 aliphatic carbocycles. The van der Waals surface area contributed by atoms with E-state index in [0.29, 0.717) is 22.3 Å². The Morgan fingerprint density at radius 3 is 2.74 bits per heavy atom. The number of nitrogens with one attached hydrogen (secondary N) is 1. The van der Waals surface area contributed by atoms with Crippen LogP contribution in [0.1, 0.15) is 11.3 Å². The summed E-state index contributed by atoms with van der Waals surface area (Å²) < 4.78 is 5.86. The van der Waals surface area contributed by atoms with Gasteiger partial charge in [0.2, 0.25) is 0 Å². The lowest BCUT2D eigenvalue weighted by Gasteiger charge is -2.12. The highest BCUT2D eigenvalue weighted by Gasteiger charge is 2.09. The van der Waals surface area contributed by atoms with Crippen molar-refractivity contribution in [3.63, 3.8) is 0 Å². The summed E-state index contributed by atoms with van der Waals surface area (Å²) >= 11 is 12.1. The number of aryl methyl sites for hydroxylation is 1. The molecule has 2 rings (SSSR count). The van der Waals surface area contributed by atoms with Crippen LogP contribution in [0.4, 0.5) is 0 Å². The first kappa shape index (κ1) is 14.1. The molecule has 0 atom stereocenters. The van der Waals surface area contributed by atoms with Gasteiger partial charge in [0.1, 0.15) is 11.5 Å². The van der Waals surface area contributed by atoms with E-state index in [0.717, 1.165) is 17.0 Å². The molecule has 1 aromatic carbocycles. The summed E-state index contributed by atoms with van der Waals surface area (Å²) in [6.45, 7) is 2.58. The van der Waals surface area contributed by atoms with Gasteiger partial charge < -0.3 is 10.1 Å². The Morgan fingerprint density at radius 2 is 2.00 bits per heavy atom. The van der Waals surface area contributed by atoms with Crippen molar-refractivity contribution >= 4 is 23.2 Å². The summed E-state index contributed by atoms with van der Waals surface area (Å²) in [5.74, 6) is 1.27. The second-order valence-electron chi connectivity index (χ2n) is 4.14. The van der Waals surface area contributed by atoms with Gasteiger partial charge in [0.05, 0.1) is 5.02 Å². The van der Waals surface area contributed by atoms with Gasteiger partial charge in [-0.15, -0.1) is 0 Å². The molecule has 0 saturated carbocycles. The van der Waals surface area contributed by atoms with E-state index in [1.165, 1.54) is 0 Å². The van der Waals surface area contributed by atoms with Crippen molar-refractivity contribution in [1.29, 1.82) is 0 Å². The maximum absolute atomic E-state index is 6.10. The average molecular weight is 297 g/mol. The highest BCUT2D eigenvalue weighted by Crippen LogP contribution is 2.33. The first-order chi connectivity index (χ1) is 9.10. The fraction of sp³-hybridized carbons (Fsp3) is 0.214. The molecule has 1 aromatic heterocycles. The molecule has 0 unspecified atom stereocenters. The first-order valence-electron chi connectivity index (χ1n) is 5.83. The highest BCUT2D eigenvalue weighted by molar-refractivity contribution is 6.34. The number of pyridine rings is 1. The molecule has 0 amide bonds. The lowest BCUT2D eigenvalue weighted by Crippen LogP contribution is -2.07. The molecule has 2 aromatic rings. The number of nitrogens with zero attached hydrogens (tertiary/aromatic N) is 1. The van der Waals surface area contributed by atoms with Gasteiger partial charge in [-0.05, 0) is 26.1 Å². The molecule has 3 nitrogen and oxygen atoms in total. The van der Waals surface area contributed by atoms with Crippen molar-refractivity contribution in [2.24, 2.45) is 0 Å². The normalized spacial score (nSPS) is 10.5. The predicted octanol–water partition coefficient (Wildman–Crippen LogP) is 4.21. The molecule has 0 saturated heterocycles. The van der Waals surface area contributed by atoms with Crippen LogP contribution in [0.5, 0.6) is 11.5 Å². The van der Waals surface area contributed by atoms with Crippen LogP contribution < -0.4 is 10.1 Å². The largest absolute Gasteiger partial charge is 0.455 e. The summed E-state index contributed by atoms with van der Waals surface area (Å²) in [5, 5.41) is 4.18. The third-order valence-corrected chi connectivity index (χ3v) is 3.11. The summed E-state index contributed by atoms with van der Waals surface area (Å²) in [5.41, 5.74) is 1.84. The van der Waals surface area contributed by atoms with Crippen LogP contribution in [0.2, 0.25) is 10.0 Å². The molecular weight excluding hydrogens is 283 g/mol. The number of hydrogen-bond donors (Lipinski definition) is 1. The Hall–Kier alpha value is -1.29. The van der Waals surface area contributed by atoms with E-state index in [1.807, 2.05) is 20.0 Å². The van der Waals surface area contributed by atoms with Crippen LogP contribution in [0.25, 0.3) is 0 Å². The monoisotopic (exact) mass is 296 g/mol. The SMILES string of the molecule is CNCc1cnc(C)cc1Oc1cc(Cl)ccc1Cl. The van der Waals surface area contributed by atoms with Gasteiger partial charge in [-0.3, -0.25) is 4.98 Å². The lowest BCUT2D eigenvalue weighted by atomic mass is 10.2. The molecule has 0 bridgehead atoms. The predicted molar refractivity (Wildman–Crippen MR) is 78.3 cm³/mol. The van der Waals surface area contributed by atoms with Gasteiger partial charge in [0.25, 0.3) is 0 Å². The summed E-state index contributed by atoms with van der Waals surface area (Å²) in [6, 6.07) is 7.01. The van der Waals surface area contributed by atoms with E-state index in [4.69, 9.17) is 27.9 Å². The molecule has 19 heavy (non-hydrogen) atoms. The van der Waals surface area contributed by atoms with Crippen LogP contribution in [0, 0.1) is 6.92 Å². The zero-order chi connectivity index (χ0) is 13.8. The lowest BCUT2D eigenvalue weighted by molar-refractivity contribution is 0.473. The molecule has 1 heterocycles. The Balaban J connectivity index is 2.36. The third kappa shape index (κ3) is 3.60. The van der Waals surface area contributed by atoms with Crippen molar-refractivity contribution < 1.29 is 4.74 Å². The fourth-order valence-electron chi connectivity index (χ4n) is 1.66. The standard InChI is InChI=1S/C14H14Cl2N2O/c1-9-5-13(10(7-17-2)8-18-9)19-14-6-11(15)3-4-12(14)16/h3-6,8,17H,7H2,1-2H3. The van der Waals surface area contributed by atoms with Crippen LogP contribution in [-0.4, -0.2) is 12.0 Å². The Morgan fingerprint density at radius 1 is 1.21 bits per heavy atom. The van der Waals surface area contributed by atoms with Crippen molar-refractivity contribution in [2.45, 2.75) is 13.5 Å². The van der Waals surface area contributed by atoms with E-state index in [2.05, 4.69) is 10.3 Å². The van der Waals surface area contributed by atoms with Gasteiger partial charge in [-0.2, -0.15) is 0 Å². The maximum atomic E-state index is 6.10. The molecule has 100 valence electrons. The second-order valence-corrected chi connectivity index (χ2v) is 4.98. The van der Waals surface area contributed by atoms with Gasteiger partial charge in [-0.1, -0.05) is 23.2 Å². The molecule has 1 N–H and O–H groups in total. The smallest absolute Gasteiger partial charge is 0.147 e. The molecule has 0 aliphatic heterocycles. The van der Waals surface area contributed by atoms with Crippen molar-refractivity contribution in [3.05, 3.63) is 51.8 Å². The molecular formula is C14H14Cl2N2O.